The van der Waals surface area contributed by atoms with Crippen molar-refractivity contribution in [1.82, 2.24) is 4.98 Å². The van der Waals surface area contributed by atoms with E-state index in [4.69, 9.17) is 12.6 Å². The summed E-state index contributed by atoms with van der Waals surface area (Å²) in [5.74, 6) is 0. The third-order valence-electron chi connectivity index (χ3n) is 6.27. The van der Waals surface area contributed by atoms with Crippen molar-refractivity contribution in [2.75, 3.05) is 0 Å². The highest BCUT2D eigenvalue weighted by Crippen LogP contribution is 2.36. The summed E-state index contributed by atoms with van der Waals surface area (Å²) >= 11 is 0. The van der Waals surface area contributed by atoms with Crippen LogP contribution in [0.4, 0.5) is 0 Å². The second-order valence-corrected chi connectivity index (χ2v) is 8.45. The number of para-hydroxylation sites is 1. The summed E-state index contributed by atoms with van der Waals surface area (Å²) in [7, 11) is 1.84. The summed E-state index contributed by atoms with van der Waals surface area (Å²) in [6.07, 6.45) is 1.68. The molecule has 0 bridgehead atoms. The predicted octanol–water partition coefficient (Wildman–Crippen LogP) is 7.22. The summed E-state index contributed by atoms with van der Waals surface area (Å²) in [6.45, 7) is -2.56. The second-order valence-electron chi connectivity index (χ2n) is 8.45. The smallest absolute Gasteiger partial charge is 0.227 e. The van der Waals surface area contributed by atoms with Crippen LogP contribution in [-0.4, -0.2) is 4.98 Å². The molecule has 0 spiro atoms. The minimum absolute atomic E-state index is 0.189. The van der Waals surface area contributed by atoms with Gasteiger partial charge in [0.25, 0.3) is 0 Å². The molecule has 3 heteroatoms. The molecule has 0 aliphatic rings. The van der Waals surface area contributed by atoms with Crippen molar-refractivity contribution < 1.29 is 17.2 Å². The maximum Gasteiger partial charge on any atom is 0.227 e. The molecule has 0 atom stereocenters. The van der Waals surface area contributed by atoms with Crippen LogP contribution in [-0.2, 0) is 7.05 Å². The molecule has 160 valence electrons. The van der Waals surface area contributed by atoms with E-state index < -0.39 is 13.7 Å². The van der Waals surface area contributed by atoms with E-state index in [1.807, 2.05) is 79.2 Å². The maximum atomic E-state index is 8.12. The Bertz CT molecular complexity index is 1900. The van der Waals surface area contributed by atoms with Gasteiger partial charge in [-0.2, -0.15) is 0 Å². The number of fused-ring (bicyclic) bond motifs is 4. The number of aromatic nitrogens is 2. The van der Waals surface area contributed by atoms with Crippen LogP contribution in [0.1, 0.15) is 24.9 Å². The largest absolute Gasteiger partial charge is 0.438 e. The summed E-state index contributed by atoms with van der Waals surface area (Å²) < 4.78 is 56.1. The van der Waals surface area contributed by atoms with Gasteiger partial charge in [-0.15, -0.1) is 0 Å². The first-order valence-corrected chi connectivity index (χ1v) is 10.8. The van der Waals surface area contributed by atoms with Gasteiger partial charge < -0.3 is 4.42 Å². The first kappa shape index (κ1) is 14.2. The van der Waals surface area contributed by atoms with Crippen molar-refractivity contribution in [2.24, 2.45) is 7.05 Å². The molecule has 33 heavy (non-hydrogen) atoms. The molecule has 0 saturated heterocycles. The van der Waals surface area contributed by atoms with Crippen LogP contribution in [0.3, 0.4) is 0 Å². The van der Waals surface area contributed by atoms with Crippen molar-refractivity contribution in [1.29, 1.82) is 0 Å². The van der Waals surface area contributed by atoms with E-state index in [1.165, 1.54) is 0 Å². The Morgan fingerprint density at radius 3 is 2.48 bits per heavy atom. The average Bonchev–Trinajstić information content (AvgIpc) is 3.22. The van der Waals surface area contributed by atoms with Crippen LogP contribution in [0.15, 0.2) is 83.4 Å². The lowest BCUT2D eigenvalue weighted by Crippen LogP contribution is -2.31. The Kier molecular flexibility index (Phi) is 3.14. The van der Waals surface area contributed by atoms with Crippen molar-refractivity contribution in [3.05, 3.63) is 95.7 Å². The molecule has 3 nitrogen and oxygen atoms in total. The summed E-state index contributed by atoms with van der Waals surface area (Å²) in [5.41, 5.74) is 6.06. The zero-order valence-corrected chi connectivity index (χ0v) is 18.3. The molecule has 0 radical (unpaired) electrons. The molecular formula is C30H25N2O+. The molecule has 0 fully saturated rings. The number of furan rings is 1. The van der Waals surface area contributed by atoms with Crippen LogP contribution in [0, 0.1) is 20.6 Å². The molecule has 0 N–H and O–H groups in total. The molecule has 0 amide bonds. The molecule has 3 heterocycles. The van der Waals surface area contributed by atoms with Crippen molar-refractivity contribution in [2.45, 2.75) is 20.6 Å². The van der Waals surface area contributed by atoms with Gasteiger partial charge >= 0.3 is 0 Å². The van der Waals surface area contributed by atoms with Gasteiger partial charge in [-0.3, -0.25) is 0 Å². The predicted molar refractivity (Wildman–Crippen MR) is 135 cm³/mol. The van der Waals surface area contributed by atoms with Crippen LogP contribution >= 0.6 is 0 Å². The zero-order chi connectivity index (χ0) is 27.7. The highest BCUT2D eigenvalue weighted by atomic mass is 16.3. The number of hydrogen-bond donors (Lipinski definition) is 0. The number of nitrogens with zero attached hydrogens (tertiary/aromatic N) is 2. The van der Waals surface area contributed by atoms with Crippen LogP contribution in [0.2, 0.25) is 0 Å². The third-order valence-corrected chi connectivity index (χ3v) is 6.27. The van der Waals surface area contributed by atoms with Crippen LogP contribution in [0.25, 0.3) is 55.4 Å². The highest BCUT2D eigenvalue weighted by molar-refractivity contribution is 6.08. The van der Waals surface area contributed by atoms with Gasteiger partial charge in [0.1, 0.15) is 12.6 Å². The standard InChI is InChI=1S/C30H25N2O/c1-18-9-8-12-22-14-26-25-13-19(2)24(16-28(25)33-30(26)31-29(18)22)27-15-23(20(3)17-32(27)4)21-10-6-5-7-11-21/h5-17H,1-4H3/q+1/i1D3,3D3. The van der Waals surface area contributed by atoms with Gasteiger partial charge in [-0.05, 0) is 61.1 Å². The van der Waals surface area contributed by atoms with E-state index in [9.17, 15) is 0 Å². The average molecular weight is 436 g/mol. The SMILES string of the molecule is [2H]C([2H])([2H])c1c[n+](C)c(-c2cc3oc4nc5c(C([2H])([2H])[2H])cccc5cc4c3cc2C)cc1-c1ccccc1. The molecule has 6 aromatic rings. The Labute approximate surface area is 201 Å². The van der Waals surface area contributed by atoms with Gasteiger partial charge in [0.2, 0.25) is 11.4 Å². The molecule has 0 saturated carbocycles. The number of hydrogen-bond acceptors (Lipinski definition) is 2. The van der Waals surface area contributed by atoms with Gasteiger partial charge in [-0.1, -0.05) is 48.5 Å². The minimum Gasteiger partial charge on any atom is -0.438 e. The van der Waals surface area contributed by atoms with Crippen LogP contribution < -0.4 is 4.57 Å². The quantitative estimate of drug-likeness (QED) is 0.269. The van der Waals surface area contributed by atoms with Gasteiger partial charge in [0.05, 0.1) is 11.1 Å². The van der Waals surface area contributed by atoms with E-state index in [1.54, 1.807) is 18.3 Å². The lowest BCUT2D eigenvalue weighted by Gasteiger charge is -2.10. The maximum absolute atomic E-state index is 8.12. The number of benzene rings is 3. The molecular weight excluding hydrogens is 404 g/mol. The fourth-order valence-electron chi connectivity index (χ4n) is 4.59. The summed E-state index contributed by atoms with van der Waals surface area (Å²) in [5, 5.41) is 2.42. The van der Waals surface area contributed by atoms with Crippen molar-refractivity contribution in [3.63, 3.8) is 0 Å². The fourth-order valence-corrected chi connectivity index (χ4v) is 4.59. The monoisotopic (exact) mass is 435 g/mol. The first-order valence-electron chi connectivity index (χ1n) is 13.8. The Hall–Kier alpha value is -3.98. The molecule has 6 rings (SSSR count). The molecule has 3 aromatic carbocycles. The Morgan fingerprint density at radius 1 is 0.818 bits per heavy atom. The van der Waals surface area contributed by atoms with Gasteiger partial charge in [0, 0.05) is 36.0 Å². The Balaban J connectivity index is 1.59. The van der Waals surface area contributed by atoms with E-state index in [-0.39, 0.29) is 11.1 Å². The van der Waals surface area contributed by atoms with Crippen molar-refractivity contribution in [3.8, 4) is 22.4 Å². The van der Waals surface area contributed by atoms with E-state index in [2.05, 4.69) is 4.98 Å². The molecule has 0 unspecified atom stereocenters. The summed E-state index contributed by atoms with van der Waals surface area (Å²) in [4.78, 5) is 4.63. The van der Waals surface area contributed by atoms with Gasteiger partial charge in [-0.25, -0.2) is 9.55 Å². The lowest BCUT2D eigenvalue weighted by molar-refractivity contribution is -0.660. The van der Waals surface area contributed by atoms with E-state index >= 15 is 0 Å². The van der Waals surface area contributed by atoms with Crippen molar-refractivity contribution >= 4 is 33.0 Å². The lowest BCUT2D eigenvalue weighted by atomic mass is 9.96. The van der Waals surface area contributed by atoms with Gasteiger partial charge in [0.15, 0.2) is 6.20 Å². The molecule has 0 aliphatic carbocycles. The normalized spacial score (nSPS) is 15.1. The van der Waals surface area contributed by atoms with E-state index in [0.717, 1.165) is 38.5 Å². The first-order chi connectivity index (χ1) is 18.4. The zero-order valence-electron chi connectivity index (χ0n) is 24.3. The fraction of sp³-hybridized carbons (Fsp3) is 0.133. The number of pyridine rings is 2. The van der Waals surface area contributed by atoms with E-state index in [0.29, 0.717) is 22.4 Å². The molecule has 3 aromatic heterocycles. The second kappa shape index (κ2) is 7.28. The van der Waals surface area contributed by atoms with Crippen LogP contribution in [0.5, 0.6) is 0 Å². The summed E-state index contributed by atoms with van der Waals surface area (Å²) in [6, 6.07) is 22.5. The number of rotatable bonds is 2. The molecule has 0 aliphatic heterocycles. The minimum atomic E-state index is -2.29. The third kappa shape index (κ3) is 3.12. The number of aryl methyl sites for hydroxylation is 4. The topological polar surface area (TPSA) is 29.9 Å². The highest BCUT2D eigenvalue weighted by Gasteiger charge is 2.20. The Morgan fingerprint density at radius 2 is 1.67 bits per heavy atom.